The van der Waals surface area contributed by atoms with Gasteiger partial charge in [0.2, 0.25) is 5.75 Å². The zero-order valence-corrected chi connectivity index (χ0v) is 16.2. The molecule has 1 aromatic heterocycles. The topological polar surface area (TPSA) is 90.0 Å². The van der Waals surface area contributed by atoms with E-state index in [1.54, 1.807) is 23.1 Å². The summed E-state index contributed by atoms with van der Waals surface area (Å²) in [6, 6.07) is 6.38. The molecule has 148 valence electrons. The summed E-state index contributed by atoms with van der Waals surface area (Å²) >= 11 is 0. The number of nitrogens with zero attached hydrogens (tertiary/aromatic N) is 2. The number of anilines is 1. The Morgan fingerprint density at radius 1 is 1.00 bits per heavy atom. The normalized spacial score (nSPS) is 13.2. The van der Waals surface area contributed by atoms with Crippen molar-refractivity contribution in [1.29, 1.82) is 0 Å². The summed E-state index contributed by atoms with van der Waals surface area (Å²) in [5, 5.41) is 2.75. The van der Waals surface area contributed by atoms with Crippen molar-refractivity contribution in [3.8, 4) is 17.2 Å². The van der Waals surface area contributed by atoms with E-state index >= 15 is 0 Å². The molecule has 1 aliphatic heterocycles. The van der Waals surface area contributed by atoms with Crippen LogP contribution in [0.3, 0.4) is 0 Å². The number of ether oxygens (including phenoxy) is 3. The summed E-state index contributed by atoms with van der Waals surface area (Å²) in [5.41, 5.74) is 1.06. The first-order valence-electron chi connectivity index (χ1n) is 8.94. The molecule has 1 aromatic carbocycles. The number of amides is 2. The van der Waals surface area contributed by atoms with Crippen LogP contribution in [0.1, 0.15) is 33.7 Å². The van der Waals surface area contributed by atoms with Crippen LogP contribution in [-0.2, 0) is 0 Å². The van der Waals surface area contributed by atoms with Crippen molar-refractivity contribution in [2.45, 2.75) is 12.8 Å². The molecule has 0 aliphatic carbocycles. The maximum atomic E-state index is 12.7. The SMILES string of the molecule is COc1cc(NC(=O)c2cc(C(=O)N3CCCC3)ccn2)cc(OC)c1OC. The van der Waals surface area contributed by atoms with Crippen LogP contribution in [0, 0.1) is 0 Å². The van der Waals surface area contributed by atoms with E-state index in [0.29, 0.717) is 28.5 Å². The Morgan fingerprint density at radius 2 is 1.64 bits per heavy atom. The second-order valence-electron chi connectivity index (χ2n) is 6.30. The van der Waals surface area contributed by atoms with Crippen LogP contribution in [0.2, 0.25) is 0 Å². The lowest BCUT2D eigenvalue weighted by Gasteiger charge is -2.16. The zero-order valence-electron chi connectivity index (χ0n) is 16.2. The van der Waals surface area contributed by atoms with Gasteiger partial charge in [-0.1, -0.05) is 0 Å². The molecule has 0 saturated carbocycles. The molecule has 2 heterocycles. The molecule has 3 rings (SSSR count). The second kappa shape index (κ2) is 8.60. The summed E-state index contributed by atoms with van der Waals surface area (Å²) in [4.78, 5) is 31.1. The molecule has 8 nitrogen and oxygen atoms in total. The van der Waals surface area contributed by atoms with Gasteiger partial charge < -0.3 is 24.4 Å². The fourth-order valence-electron chi connectivity index (χ4n) is 3.14. The van der Waals surface area contributed by atoms with Gasteiger partial charge in [0.05, 0.1) is 21.3 Å². The Morgan fingerprint density at radius 3 is 2.21 bits per heavy atom. The van der Waals surface area contributed by atoms with Crippen molar-refractivity contribution < 1.29 is 23.8 Å². The number of carbonyl (C=O) groups is 2. The first-order chi connectivity index (χ1) is 13.6. The number of hydrogen-bond donors (Lipinski definition) is 1. The number of methoxy groups -OCH3 is 3. The lowest BCUT2D eigenvalue weighted by Crippen LogP contribution is -2.28. The molecule has 1 saturated heterocycles. The highest BCUT2D eigenvalue weighted by Crippen LogP contribution is 2.40. The van der Waals surface area contributed by atoms with E-state index in [4.69, 9.17) is 14.2 Å². The molecule has 2 amide bonds. The summed E-state index contributed by atoms with van der Waals surface area (Å²) in [7, 11) is 4.50. The maximum Gasteiger partial charge on any atom is 0.274 e. The highest BCUT2D eigenvalue weighted by Gasteiger charge is 2.21. The van der Waals surface area contributed by atoms with Gasteiger partial charge in [-0.3, -0.25) is 14.6 Å². The predicted molar refractivity (Wildman–Crippen MR) is 103 cm³/mol. The van der Waals surface area contributed by atoms with E-state index in [0.717, 1.165) is 25.9 Å². The van der Waals surface area contributed by atoms with Crippen LogP contribution >= 0.6 is 0 Å². The molecule has 0 unspecified atom stereocenters. The van der Waals surface area contributed by atoms with Crippen molar-refractivity contribution in [1.82, 2.24) is 9.88 Å². The Hall–Kier alpha value is -3.29. The third-order valence-corrected chi connectivity index (χ3v) is 4.56. The standard InChI is InChI=1S/C20H23N3O5/c1-26-16-11-14(12-17(27-2)18(16)28-3)22-19(24)15-10-13(6-7-21-15)20(25)23-8-4-5-9-23/h6-7,10-12H,4-5,8-9H2,1-3H3,(H,22,24). The van der Waals surface area contributed by atoms with Gasteiger partial charge in [0.25, 0.3) is 11.8 Å². The van der Waals surface area contributed by atoms with Gasteiger partial charge in [-0.05, 0) is 25.0 Å². The lowest BCUT2D eigenvalue weighted by atomic mass is 10.2. The van der Waals surface area contributed by atoms with E-state index in [1.165, 1.54) is 33.6 Å². The van der Waals surface area contributed by atoms with Gasteiger partial charge in [-0.15, -0.1) is 0 Å². The molecule has 1 fully saturated rings. The minimum Gasteiger partial charge on any atom is -0.493 e. The van der Waals surface area contributed by atoms with Gasteiger partial charge >= 0.3 is 0 Å². The first-order valence-corrected chi connectivity index (χ1v) is 8.94. The largest absolute Gasteiger partial charge is 0.493 e. The van der Waals surface area contributed by atoms with E-state index in [1.807, 2.05) is 0 Å². The number of carbonyl (C=O) groups excluding carboxylic acids is 2. The van der Waals surface area contributed by atoms with Crippen LogP contribution < -0.4 is 19.5 Å². The molecule has 2 aromatic rings. The van der Waals surface area contributed by atoms with Gasteiger partial charge in [0.1, 0.15) is 5.69 Å². The lowest BCUT2D eigenvalue weighted by molar-refractivity contribution is 0.0792. The minimum atomic E-state index is -0.439. The van der Waals surface area contributed by atoms with Gasteiger partial charge in [0, 0.05) is 42.7 Å². The average Bonchev–Trinajstić information content (AvgIpc) is 3.27. The number of hydrogen-bond acceptors (Lipinski definition) is 6. The number of benzene rings is 1. The highest BCUT2D eigenvalue weighted by molar-refractivity contribution is 6.05. The number of rotatable bonds is 6. The van der Waals surface area contributed by atoms with E-state index < -0.39 is 5.91 Å². The van der Waals surface area contributed by atoms with Crippen molar-refractivity contribution in [2.24, 2.45) is 0 Å². The summed E-state index contributed by atoms with van der Waals surface area (Å²) in [6.07, 6.45) is 3.48. The van der Waals surface area contributed by atoms with Crippen molar-refractivity contribution >= 4 is 17.5 Å². The highest BCUT2D eigenvalue weighted by atomic mass is 16.5. The van der Waals surface area contributed by atoms with Crippen LogP contribution in [0.25, 0.3) is 0 Å². The number of aromatic nitrogens is 1. The van der Waals surface area contributed by atoms with Crippen LogP contribution in [-0.4, -0.2) is 56.1 Å². The van der Waals surface area contributed by atoms with E-state index in [2.05, 4.69) is 10.3 Å². The van der Waals surface area contributed by atoms with Crippen molar-refractivity contribution in [3.63, 3.8) is 0 Å². The Bertz CT molecular complexity index is 853. The fourth-order valence-corrected chi connectivity index (χ4v) is 3.14. The Balaban J connectivity index is 1.81. The van der Waals surface area contributed by atoms with Gasteiger partial charge in [-0.25, -0.2) is 0 Å². The molecule has 1 N–H and O–H groups in total. The number of pyridine rings is 1. The zero-order chi connectivity index (χ0) is 20.1. The summed E-state index contributed by atoms with van der Waals surface area (Å²) < 4.78 is 15.9. The van der Waals surface area contributed by atoms with Crippen molar-refractivity contribution in [3.05, 3.63) is 41.7 Å². The molecule has 0 bridgehead atoms. The van der Waals surface area contributed by atoms with Gasteiger partial charge in [-0.2, -0.15) is 0 Å². The third-order valence-electron chi connectivity index (χ3n) is 4.56. The van der Waals surface area contributed by atoms with Crippen LogP contribution in [0.4, 0.5) is 5.69 Å². The molecular weight excluding hydrogens is 362 g/mol. The first kappa shape index (κ1) is 19.5. The summed E-state index contributed by atoms with van der Waals surface area (Å²) in [5.74, 6) is 0.748. The van der Waals surface area contributed by atoms with Crippen LogP contribution in [0.5, 0.6) is 17.2 Å². The van der Waals surface area contributed by atoms with Crippen LogP contribution in [0.15, 0.2) is 30.5 Å². The molecule has 0 spiro atoms. The quantitative estimate of drug-likeness (QED) is 0.822. The predicted octanol–water partition coefficient (Wildman–Crippen LogP) is 2.60. The fraction of sp³-hybridized carbons (Fsp3) is 0.350. The smallest absolute Gasteiger partial charge is 0.274 e. The number of nitrogens with one attached hydrogen (secondary N) is 1. The third kappa shape index (κ3) is 4.00. The molecule has 0 atom stereocenters. The van der Waals surface area contributed by atoms with Gasteiger partial charge in [0.15, 0.2) is 11.5 Å². The molecule has 8 heteroatoms. The van der Waals surface area contributed by atoms with E-state index in [9.17, 15) is 9.59 Å². The molecule has 28 heavy (non-hydrogen) atoms. The van der Waals surface area contributed by atoms with E-state index in [-0.39, 0.29) is 11.6 Å². The molecule has 1 aliphatic rings. The minimum absolute atomic E-state index is 0.0817. The number of likely N-dealkylation sites (tertiary alicyclic amines) is 1. The maximum absolute atomic E-state index is 12.7. The second-order valence-corrected chi connectivity index (χ2v) is 6.30. The molecule has 0 radical (unpaired) electrons. The average molecular weight is 385 g/mol. The Labute approximate surface area is 163 Å². The summed E-state index contributed by atoms with van der Waals surface area (Å²) in [6.45, 7) is 1.49. The monoisotopic (exact) mass is 385 g/mol. The van der Waals surface area contributed by atoms with Crippen molar-refractivity contribution in [2.75, 3.05) is 39.7 Å². The molecular formula is C20H23N3O5. The Kier molecular flexibility index (Phi) is 5.98.